The summed E-state index contributed by atoms with van der Waals surface area (Å²) in [4.78, 5) is 23.9. The van der Waals surface area contributed by atoms with Crippen molar-refractivity contribution in [2.75, 3.05) is 11.9 Å². The smallest absolute Gasteiger partial charge is 0.416 e. The van der Waals surface area contributed by atoms with Crippen molar-refractivity contribution in [1.82, 2.24) is 5.43 Å². The highest BCUT2D eigenvalue weighted by Gasteiger charge is 2.30. The summed E-state index contributed by atoms with van der Waals surface area (Å²) in [6.07, 6.45) is -3.32. The summed E-state index contributed by atoms with van der Waals surface area (Å²) in [7, 11) is 0. The molecule has 2 amide bonds. The minimum absolute atomic E-state index is 0.160. The number of halogens is 3. The number of nitrogens with one attached hydrogen (secondary N) is 2. The molecule has 9 heteroatoms. The molecule has 0 spiro atoms. The van der Waals surface area contributed by atoms with Gasteiger partial charge in [-0.15, -0.1) is 0 Å². The van der Waals surface area contributed by atoms with Crippen LogP contribution < -0.4 is 15.5 Å². The average Bonchev–Trinajstić information content (AvgIpc) is 2.80. The summed E-state index contributed by atoms with van der Waals surface area (Å²) in [6, 6.07) is 18.6. The Kier molecular flexibility index (Phi) is 8.02. The Morgan fingerprint density at radius 1 is 0.971 bits per heavy atom. The van der Waals surface area contributed by atoms with E-state index < -0.39 is 17.6 Å². The van der Waals surface area contributed by atoms with Gasteiger partial charge < -0.3 is 10.1 Å². The van der Waals surface area contributed by atoms with Crippen LogP contribution in [-0.2, 0) is 22.2 Å². The largest absolute Gasteiger partial charge is 0.484 e. The lowest BCUT2D eigenvalue weighted by Crippen LogP contribution is -2.20. The Balaban J connectivity index is 1.44. The zero-order valence-electron chi connectivity index (χ0n) is 18.2. The van der Waals surface area contributed by atoms with Gasteiger partial charge in [0.2, 0.25) is 5.91 Å². The summed E-state index contributed by atoms with van der Waals surface area (Å²) < 4.78 is 43.7. The second-order valence-electron chi connectivity index (χ2n) is 7.44. The van der Waals surface area contributed by atoms with E-state index in [2.05, 4.69) is 15.8 Å². The maximum absolute atomic E-state index is 12.8. The SMILES string of the molecule is Cc1ccc(NC(=O)COc2ccc(/C=N\NC(=O)Cc3cccc(C(F)(F)F)c3)cc2)cc1. The Hall–Kier alpha value is -4.14. The van der Waals surface area contributed by atoms with E-state index in [1.54, 1.807) is 36.4 Å². The maximum Gasteiger partial charge on any atom is 0.416 e. The number of anilines is 1. The van der Waals surface area contributed by atoms with Crippen LogP contribution in [0.25, 0.3) is 0 Å². The monoisotopic (exact) mass is 469 g/mol. The van der Waals surface area contributed by atoms with Crippen LogP contribution in [0.4, 0.5) is 18.9 Å². The van der Waals surface area contributed by atoms with Crippen LogP contribution in [0.5, 0.6) is 5.75 Å². The van der Waals surface area contributed by atoms with Gasteiger partial charge in [0.1, 0.15) is 5.75 Å². The molecule has 0 aromatic heterocycles. The fraction of sp³-hybridized carbons (Fsp3) is 0.160. The van der Waals surface area contributed by atoms with Gasteiger partial charge >= 0.3 is 6.18 Å². The molecule has 0 saturated carbocycles. The number of carbonyl (C=O) groups is 2. The lowest BCUT2D eigenvalue weighted by molar-refractivity contribution is -0.137. The van der Waals surface area contributed by atoms with E-state index in [4.69, 9.17) is 4.74 Å². The lowest BCUT2D eigenvalue weighted by atomic mass is 10.1. The van der Waals surface area contributed by atoms with Crippen molar-refractivity contribution < 1.29 is 27.5 Å². The maximum atomic E-state index is 12.8. The van der Waals surface area contributed by atoms with E-state index in [9.17, 15) is 22.8 Å². The molecule has 176 valence electrons. The number of alkyl halides is 3. The number of carbonyl (C=O) groups excluding carboxylic acids is 2. The summed E-state index contributed by atoms with van der Waals surface area (Å²) >= 11 is 0. The van der Waals surface area contributed by atoms with Crippen LogP contribution >= 0.6 is 0 Å². The van der Waals surface area contributed by atoms with Gasteiger partial charge in [0.05, 0.1) is 18.2 Å². The molecule has 0 aliphatic heterocycles. The average molecular weight is 469 g/mol. The van der Waals surface area contributed by atoms with Gasteiger partial charge in [-0.3, -0.25) is 9.59 Å². The van der Waals surface area contributed by atoms with Crippen LogP contribution in [0.15, 0.2) is 77.9 Å². The molecule has 0 bridgehead atoms. The first-order valence-corrected chi connectivity index (χ1v) is 10.3. The van der Waals surface area contributed by atoms with Crippen molar-refractivity contribution in [3.63, 3.8) is 0 Å². The molecular weight excluding hydrogens is 447 g/mol. The van der Waals surface area contributed by atoms with E-state index >= 15 is 0 Å². The number of rotatable bonds is 8. The summed E-state index contributed by atoms with van der Waals surface area (Å²) in [5.41, 5.74) is 4.13. The summed E-state index contributed by atoms with van der Waals surface area (Å²) in [5.74, 6) is -0.363. The van der Waals surface area contributed by atoms with Crippen LogP contribution in [0, 0.1) is 6.92 Å². The number of ether oxygens (including phenoxy) is 1. The first-order valence-electron chi connectivity index (χ1n) is 10.3. The van der Waals surface area contributed by atoms with Crippen LogP contribution in [0.2, 0.25) is 0 Å². The second kappa shape index (κ2) is 11.1. The van der Waals surface area contributed by atoms with Crippen molar-refractivity contribution in [1.29, 1.82) is 0 Å². The Morgan fingerprint density at radius 3 is 2.35 bits per heavy atom. The molecule has 3 aromatic carbocycles. The minimum atomic E-state index is -4.47. The number of hydrogen-bond acceptors (Lipinski definition) is 4. The predicted octanol–water partition coefficient (Wildman–Crippen LogP) is 4.72. The van der Waals surface area contributed by atoms with E-state index in [1.165, 1.54) is 18.3 Å². The lowest BCUT2D eigenvalue weighted by Gasteiger charge is -2.08. The Morgan fingerprint density at radius 2 is 1.68 bits per heavy atom. The fourth-order valence-electron chi connectivity index (χ4n) is 2.89. The van der Waals surface area contributed by atoms with E-state index in [0.717, 1.165) is 17.7 Å². The van der Waals surface area contributed by atoms with Gasteiger partial charge in [0.15, 0.2) is 6.61 Å². The molecule has 0 heterocycles. The van der Waals surface area contributed by atoms with Gasteiger partial charge in [-0.1, -0.05) is 35.9 Å². The van der Waals surface area contributed by atoms with Crippen molar-refractivity contribution in [2.45, 2.75) is 19.5 Å². The van der Waals surface area contributed by atoms with Gasteiger partial charge in [-0.05, 0) is 60.5 Å². The molecule has 0 saturated heterocycles. The standard InChI is InChI=1S/C25H22F3N3O3/c1-17-5-9-21(10-6-17)30-24(33)16-34-22-11-7-18(8-12-22)15-29-31-23(32)14-19-3-2-4-20(13-19)25(26,27)28/h2-13,15H,14,16H2,1H3,(H,30,33)(H,31,32)/b29-15-. The van der Waals surface area contributed by atoms with E-state index in [-0.39, 0.29) is 24.5 Å². The second-order valence-corrected chi connectivity index (χ2v) is 7.44. The molecule has 3 rings (SSSR count). The molecule has 34 heavy (non-hydrogen) atoms. The van der Waals surface area contributed by atoms with E-state index in [1.807, 2.05) is 19.1 Å². The predicted molar refractivity (Wildman–Crippen MR) is 123 cm³/mol. The number of hydrogen-bond donors (Lipinski definition) is 2. The molecule has 0 fully saturated rings. The highest BCUT2D eigenvalue weighted by atomic mass is 19.4. The zero-order valence-corrected chi connectivity index (χ0v) is 18.2. The van der Waals surface area contributed by atoms with Gasteiger partial charge in [-0.2, -0.15) is 18.3 Å². The highest BCUT2D eigenvalue weighted by Crippen LogP contribution is 2.29. The topological polar surface area (TPSA) is 79.8 Å². The fourth-order valence-corrected chi connectivity index (χ4v) is 2.89. The van der Waals surface area contributed by atoms with Crippen LogP contribution in [0.3, 0.4) is 0 Å². The Labute approximate surface area is 194 Å². The van der Waals surface area contributed by atoms with Crippen LogP contribution in [0.1, 0.15) is 22.3 Å². The number of nitrogens with zero attached hydrogens (tertiary/aromatic N) is 1. The Bertz CT molecular complexity index is 1160. The molecule has 0 radical (unpaired) electrons. The first kappa shape index (κ1) is 24.5. The van der Waals surface area contributed by atoms with E-state index in [0.29, 0.717) is 17.0 Å². The van der Waals surface area contributed by atoms with Gasteiger partial charge in [-0.25, -0.2) is 5.43 Å². The third-order valence-corrected chi connectivity index (χ3v) is 4.61. The summed E-state index contributed by atoms with van der Waals surface area (Å²) in [5, 5.41) is 6.55. The number of aryl methyl sites for hydroxylation is 1. The van der Waals surface area contributed by atoms with Crippen molar-refractivity contribution in [2.24, 2.45) is 5.10 Å². The molecule has 0 atom stereocenters. The molecule has 0 aliphatic rings. The van der Waals surface area contributed by atoms with Crippen molar-refractivity contribution >= 4 is 23.7 Å². The van der Waals surface area contributed by atoms with Gasteiger partial charge in [0, 0.05) is 5.69 Å². The third-order valence-electron chi connectivity index (χ3n) is 4.61. The first-order chi connectivity index (χ1) is 16.2. The highest BCUT2D eigenvalue weighted by molar-refractivity contribution is 5.91. The normalized spacial score (nSPS) is 11.3. The minimum Gasteiger partial charge on any atom is -0.484 e. The van der Waals surface area contributed by atoms with Gasteiger partial charge in [0.25, 0.3) is 5.91 Å². The zero-order chi connectivity index (χ0) is 24.6. The van der Waals surface area contributed by atoms with Crippen LogP contribution in [-0.4, -0.2) is 24.6 Å². The third kappa shape index (κ3) is 7.77. The molecule has 3 aromatic rings. The quantitative estimate of drug-likeness (QED) is 0.370. The molecule has 0 unspecified atom stereocenters. The number of amides is 2. The molecule has 6 nitrogen and oxygen atoms in total. The molecular formula is C25H22F3N3O3. The molecule has 0 aliphatic carbocycles. The number of hydrazone groups is 1. The van der Waals surface area contributed by atoms with Crippen molar-refractivity contribution in [3.8, 4) is 5.75 Å². The van der Waals surface area contributed by atoms with Crippen molar-refractivity contribution in [3.05, 3.63) is 95.1 Å². The number of benzene rings is 3. The molecule has 2 N–H and O–H groups in total. The summed E-state index contributed by atoms with van der Waals surface area (Å²) in [6.45, 7) is 1.80.